The van der Waals surface area contributed by atoms with E-state index in [0.29, 0.717) is 5.69 Å². The summed E-state index contributed by atoms with van der Waals surface area (Å²) in [6, 6.07) is 2.69. The number of anilines is 1. The Hall–Kier alpha value is -1.16. The van der Waals surface area contributed by atoms with Crippen LogP contribution in [0.1, 0.15) is 5.56 Å². The van der Waals surface area contributed by atoms with Crippen molar-refractivity contribution in [3.63, 3.8) is 0 Å². The van der Waals surface area contributed by atoms with Crippen LogP contribution in [-0.2, 0) is 6.42 Å². The smallest absolute Gasteiger partial charge is 0.152 e. The lowest BCUT2D eigenvalue weighted by Crippen LogP contribution is -2.14. The van der Waals surface area contributed by atoms with Crippen LogP contribution in [0, 0.1) is 11.6 Å². The van der Waals surface area contributed by atoms with Gasteiger partial charge in [-0.2, -0.15) is 0 Å². The summed E-state index contributed by atoms with van der Waals surface area (Å²) in [6.07, 6.45) is 0.222. The SMILES string of the molecule is CN(C)c1ccc(F)c(CCN)c1F. The zero-order valence-electron chi connectivity index (χ0n) is 8.35. The summed E-state index contributed by atoms with van der Waals surface area (Å²) >= 11 is 0. The fraction of sp³-hybridized carbons (Fsp3) is 0.400. The van der Waals surface area contributed by atoms with E-state index in [1.54, 1.807) is 19.0 Å². The first-order chi connectivity index (χ1) is 6.57. The molecule has 2 N–H and O–H groups in total. The van der Waals surface area contributed by atoms with E-state index in [2.05, 4.69) is 0 Å². The van der Waals surface area contributed by atoms with Gasteiger partial charge in [-0.3, -0.25) is 0 Å². The minimum absolute atomic E-state index is 0.0682. The van der Waals surface area contributed by atoms with Gasteiger partial charge in [-0.15, -0.1) is 0 Å². The topological polar surface area (TPSA) is 29.3 Å². The Balaban J connectivity index is 3.19. The highest BCUT2D eigenvalue weighted by atomic mass is 19.1. The summed E-state index contributed by atoms with van der Waals surface area (Å²) in [4.78, 5) is 1.61. The highest BCUT2D eigenvalue weighted by Crippen LogP contribution is 2.23. The predicted molar refractivity (Wildman–Crippen MR) is 53.4 cm³/mol. The number of hydrogen-bond acceptors (Lipinski definition) is 2. The van der Waals surface area contributed by atoms with Gasteiger partial charge in [0.15, 0.2) is 5.82 Å². The van der Waals surface area contributed by atoms with Crippen molar-refractivity contribution in [3.8, 4) is 0 Å². The second-order valence-corrected chi connectivity index (χ2v) is 3.29. The Morgan fingerprint density at radius 2 is 1.93 bits per heavy atom. The van der Waals surface area contributed by atoms with E-state index in [0.717, 1.165) is 0 Å². The Labute approximate surface area is 82.3 Å². The van der Waals surface area contributed by atoms with Crippen LogP contribution in [0.15, 0.2) is 12.1 Å². The summed E-state index contributed by atoms with van der Waals surface area (Å²) in [7, 11) is 3.42. The molecule has 0 heterocycles. The summed E-state index contributed by atoms with van der Waals surface area (Å²) in [5.74, 6) is -1.04. The molecule has 14 heavy (non-hydrogen) atoms. The quantitative estimate of drug-likeness (QED) is 0.801. The first kappa shape index (κ1) is 10.9. The van der Waals surface area contributed by atoms with Crippen LogP contribution < -0.4 is 10.6 Å². The molecule has 1 aromatic carbocycles. The van der Waals surface area contributed by atoms with E-state index in [9.17, 15) is 8.78 Å². The normalized spacial score (nSPS) is 10.4. The Morgan fingerprint density at radius 1 is 1.29 bits per heavy atom. The highest BCUT2D eigenvalue weighted by Gasteiger charge is 2.13. The average molecular weight is 200 g/mol. The molecule has 0 saturated heterocycles. The van der Waals surface area contributed by atoms with Crippen molar-refractivity contribution < 1.29 is 8.78 Å². The van der Waals surface area contributed by atoms with E-state index in [1.165, 1.54) is 12.1 Å². The van der Waals surface area contributed by atoms with Gasteiger partial charge in [-0.05, 0) is 25.1 Å². The van der Waals surface area contributed by atoms with Crippen LogP contribution in [0.4, 0.5) is 14.5 Å². The summed E-state index contributed by atoms with van der Waals surface area (Å²) < 4.78 is 26.8. The van der Waals surface area contributed by atoms with Crippen molar-refractivity contribution in [2.45, 2.75) is 6.42 Å². The van der Waals surface area contributed by atoms with E-state index in [-0.39, 0.29) is 18.5 Å². The maximum atomic E-state index is 13.6. The van der Waals surface area contributed by atoms with Gasteiger partial charge in [-0.1, -0.05) is 0 Å². The predicted octanol–water partition coefficient (Wildman–Crippen LogP) is 1.53. The van der Waals surface area contributed by atoms with Gasteiger partial charge in [0.2, 0.25) is 0 Å². The third-order valence-electron chi connectivity index (χ3n) is 2.04. The zero-order chi connectivity index (χ0) is 10.7. The molecule has 0 atom stereocenters. The Kier molecular flexibility index (Phi) is 3.41. The second-order valence-electron chi connectivity index (χ2n) is 3.29. The van der Waals surface area contributed by atoms with E-state index in [1.807, 2.05) is 0 Å². The number of benzene rings is 1. The van der Waals surface area contributed by atoms with Crippen molar-refractivity contribution in [1.29, 1.82) is 0 Å². The maximum absolute atomic E-state index is 13.6. The van der Waals surface area contributed by atoms with Gasteiger partial charge >= 0.3 is 0 Å². The third kappa shape index (κ3) is 2.01. The number of rotatable bonds is 3. The van der Waals surface area contributed by atoms with Gasteiger partial charge in [0.25, 0.3) is 0 Å². The molecule has 0 aliphatic heterocycles. The minimum atomic E-state index is -0.529. The molecule has 0 unspecified atom stereocenters. The van der Waals surface area contributed by atoms with Gasteiger partial charge in [0, 0.05) is 19.7 Å². The Morgan fingerprint density at radius 3 is 2.43 bits per heavy atom. The molecule has 1 rings (SSSR count). The van der Waals surface area contributed by atoms with Crippen LogP contribution in [-0.4, -0.2) is 20.6 Å². The van der Waals surface area contributed by atoms with Crippen LogP contribution in [0.3, 0.4) is 0 Å². The minimum Gasteiger partial charge on any atom is -0.375 e. The molecule has 0 amide bonds. The van der Waals surface area contributed by atoms with E-state index < -0.39 is 11.6 Å². The average Bonchev–Trinajstić information content (AvgIpc) is 2.11. The largest absolute Gasteiger partial charge is 0.375 e. The maximum Gasteiger partial charge on any atom is 0.152 e. The molecule has 0 saturated carbocycles. The van der Waals surface area contributed by atoms with Gasteiger partial charge < -0.3 is 10.6 Å². The molecular weight excluding hydrogens is 186 g/mol. The van der Waals surface area contributed by atoms with Gasteiger partial charge in [0.1, 0.15) is 5.82 Å². The summed E-state index contributed by atoms with van der Waals surface area (Å²) in [5, 5.41) is 0. The fourth-order valence-electron chi connectivity index (χ4n) is 1.30. The number of nitrogens with two attached hydrogens (primary N) is 1. The van der Waals surface area contributed by atoms with Gasteiger partial charge in [-0.25, -0.2) is 8.78 Å². The standard InChI is InChI=1S/C10H14F2N2/c1-14(2)9-4-3-8(11)7(5-6-13)10(9)12/h3-4H,5-6,13H2,1-2H3. The van der Waals surface area contributed by atoms with Crippen LogP contribution in [0.25, 0.3) is 0 Å². The molecule has 0 fully saturated rings. The molecule has 0 aliphatic rings. The molecule has 2 nitrogen and oxygen atoms in total. The van der Waals surface area contributed by atoms with Crippen LogP contribution in [0.5, 0.6) is 0 Å². The zero-order valence-corrected chi connectivity index (χ0v) is 8.35. The fourth-order valence-corrected chi connectivity index (χ4v) is 1.30. The van der Waals surface area contributed by atoms with Crippen molar-refractivity contribution in [1.82, 2.24) is 0 Å². The van der Waals surface area contributed by atoms with Crippen molar-refractivity contribution in [2.75, 3.05) is 25.5 Å². The highest BCUT2D eigenvalue weighted by molar-refractivity contribution is 5.49. The first-order valence-electron chi connectivity index (χ1n) is 4.42. The molecule has 0 radical (unpaired) electrons. The molecule has 0 aliphatic carbocycles. The molecular formula is C10H14F2N2. The molecule has 0 spiro atoms. The van der Waals surface area contributed by atoms with Crippen LogP contribution in [0.2, 0.25) is 0 Å². The van der Waals surface area contributed by atoms with Crippen molar-refractivity contribution >= 4 is 5.69 Å². The lowest BCUT2D eigenvalue weighted by Gasteiger charge is -2.15. The van der Waals surface area contributed by atoms with E-state index in [4.69, 9.17) is 5.73 Å². The monoisotopic (exact) mass is 200 g/mol. The molecule has 0 bridgehead atoms. The van der Waals surface area contributed by atoms with Crippen molar-refractivity contribution in [2.24, 2.45) is 5.73 Å². The lowest BCUT2D eigenvalue weighted by atomic mass is 10.1. The van der Waals surface area contributed by atoms with Crippen LogP contribution >= 0.6 is 0 Å². The lowest BCUT2D eigenvalue weighted by molar-refractivity contribution is 0.555. The van der Waals surface area contributed by atoms with Gasteiger partial charge in [0.05, 0.1) is 5.69 Å². The van der Waals surface area contributed by atoms with Crippen molar-refractivity contribution in [3.05, 3.63) is 29.3 Å². The summed E-state index contributed by atoms with van der Waals surface area (Å²) in [6.45, 7) is 0.241. The molecule has 1 aromatic rings. The van der Waals surface area contributed by atoms with E-state index >= 15 is 0 Å². The number of nitrogens with zero attached hydrogens (tertiary/aromatic N) is 1. The number of halogens is 2. The summed E-state index contributed by atoms with van der Waals surface area (Å²) in [5.41, 5.74) is 5.73. The third-order valence-corrected chi connectivity index (χ3v) is 2.04. The first-order valence-corrected chi connectivity index (χ1v) is 4.42. The molecule has 78 valence electrons. The Bertz CT molecular complexity index is 324. The number of hydrogen-bond donors (Lipinski definition) is 1. The molecule has 0 aromatic heterocycles. The second kappa shape index (κ2) is 4.37. The molecule has 4 heteroatoms.